The lowest BCUT2D eigenvalue weighted by Gasteiger charge is -2.34. The van der Waals surface area contributed by atoms with E-state index in [1.165, 1.54) is 18.1 Å². The van der Waals surface area contributed by atoms with E-state index in [0.29, 0.717) is 17.5 Å². The number of aliphatic hydroxyl groups is 1. The summed E-state index contributed by atoms with van der Waals surface area (Å²) in [5.41, 5.74) is 6.89. The Morgan fingerprint density at radius 1 is 0.933 bits per heavy atom. The molecule has 0 unspecified atom stereocenters. The van der Waals surface area contributed by atoms with Crippen LogP contribution in [0.1, 0.15) is 51.0 Å². The average Bonchev–Trinajstić information content (AvgIpc) is 3.79. The van der Waals surface area contributed by atoms with Gasteiger partial charge in [-0.15, -0.1) is 0 Å². The number of para-hydroxylation sites is 1. The highest BCUT2D eigenvalue weighted by Crippen LogP contribution is 2.27. The molecule has 1 fully saturated rings. The first-order valence-corrected chi connectivity index (χ1v) is 19.7. The Labute approximate surface area is 345 Å². The number of hydrogen-bond donors (Lipinski definition) is 9. The highest BCUT2D eigenvalue weighted by molar-refractivity contribution is 5.94. The van der Waals surface area contributed by atoms with Gasteiger partial charge in [0.15, 0.2) is 6.23 Å². The van der Waals surface area contributed by atoms with Gasteiger partial charge in [-0.3, -0.25) is 28.7 Å². The Morgan fingerprint density at radius 3 is 2.30 bits per heavy atom. The van der Waals surface area contributed by atoms with E-state index in [9.17, 15) is 43.8 Å². The van der Waals surface area contributed by atoms with Crippen LogP contribution in [0.15, 0.2) is 82.6 Å². The maximum Gasteiger partial charge on any atom is 0.330 e. The van der Waals surface area contributed by atoms with Crippen molar-refractivity contribution in [1.29, 1.82) is 0 Å². The third-order valence-corrected chi connectivity index (χ3v) is 10.5. The number of H-pyrrole nitrogens is 2. The number of aromatic amines is 2. The first-order valence-electron chi connectivity index (χ1n) is 19.7. The van der Waals surface area contributed by atoms with Crippen LogP contribution >= 0.6 is 0 Å². The number of nitrogens with zero attached hydrogens (tertiary/aromatic N) is 2. The Bertz CT molecular complexity index is 2260. The lowest BCUT2D eigenvalue weighted by atomic mass is 10.0. The molecule has 1 aliphatic rings. The molecular weight excluding hydrogens is 779 g/mol. The van der Waals surface area contributed by atoms with E-state index in [1.54, 1.807) is 43.5 Å². The Balaban J connectivity index is 1.35. The number of hydrogen-bond acceptors (Lipinski definition) is 10. The minimum Gasteiger partial charge on any atom is -0.480 e. The first kappa shape index (κ1) is 44.8. The monoisotopic (exact) mass is 831 g/mol. The first-order chi connectivity index (χ1) is 28.5. The van der Waals surface area contributed by atoms with E-state index in [1.807, 2.05) is 38.1 Å². The molecule has 10 N–H and O–H groups in total. The number of fused-ring (bicyclic) bond motifs is 1. The number of rotatable bonds is 18. The van der Waals surface area contributed by atoms with Crippen LogP contribution in [-0.2, 0) is 36.8 Å². The van der Waals surface area contributed by atoms with Crippen molar-refractivity contribution in [2.75, 3.05) is 13.6 Å². The van der Waals surface area contributed by atoms with Gasteiger partial charge in [-0.25, -0.2) is 14.4 Å². The third-order valence-electron chi connectivity index (χ3n) is 10.5. The van der Waals surface area contributed by atoms with Crippen molar-refractivity contribution in [1.82, 2.24) is 40.7 Å². The van der Waals surface area contributed by atoms with Gasteiger partial charge in [0.1, 0.15) is 24.2 Å². The molecule has 19 heteroatoms. The zero-order valence-electron chi connectivity index (χ0n) is 33.8. The zero-order chi connectivity index (χ0) is 43.7. The molecule has 0 spiro atoms. The number of nitrogens with one attached hydrogen (secondary N) is 6. The maximum absolute atomic E-state index is 14.3. The van der Waals surface area contributed by atoms with Crippen LogP contribution in [0.25, 0.3) is 10.9 Å². The van der Waals surface area contributed by atoms with E-state index in [2.05, 4.69) is 31.2 Å². The predicted octanol–water partition coefficient (Wildman–Crippen LogP) is 0.0940. The zero-order valence-corrected chi connectivity index (χ0v) is 33.8. The van der Waals surface area contributed by atoms with Crippen LogP contribution in [-0.4, -0.2) is 115 Å². The van der Waals surface area contributed by atoms with Gasteiger partial charge in [0.05, 0.1) is 18.2 Å². The van der Waals surface area contributed by atoms with E-state index >= 15 is 0 Å². The number of aromatic nitrogens is 3. The molecule has 3 heterocycles. The topological polar surface area (TPSA) is 283 Å². The van der Waals surface area contributed by atoms with Gasteiger partial charge in [-0.05, 0) is 36.5 Å². The molecule has 4 aromatic rings. The number of carboxylic acid groups (broad SMARTS) is 1. The summed E-state index contributed by atoms with van der Waals surface area (Å²) in [5.74, 6) is -3.26. The average molecular weight is 832 g/mol. The molecule has 5 rings (SSSR count). The van der Waals surface area contributed by atoms with Gasteiger partial charge in [0.25, 0.3) is 5.56 Å². The van der Waals surface area contributed by atoms with Gasteiger partial charge >= 0.3 is 17.7 Å². The molecule has 0 radical (unpaired) electrons. The number of amides is 5. The number of ether oxygens (including phenoxy) is 1. The van der Waals surface area contributed by atoms with Crippen molar-refractivity contribution in [3.05, 3.63) is 105 Å². The normalized spacial score (nSPS) is 18.8. The van der Waals surface area contributed by atoms with Crippen LogP contribution in [0.5, 0.6) is 0 Å². The number of urea groups is 1. The van der Waals surface area contributed by atoms with Gasteiger partial charge in [-0.1, -0.05) is 62.4 Å². The highest BCUT2D eigenvalue weighted by atomic mass is 16.5. The number of likely N-dealkylation sites (N-methyl/N-ethyl adjacent to an activating group) is 1. The number of benzene rings is 2. The van der Waals surface area contributed by atoms with Crippen LogP contribution in [0.4, 0.5) is 4.79 Å². The fourth-order valence-electron chi connectivity index (χ4n) is 7.16. The molecule has 0 aliphatic carbocycles. The van der Waals surface area contributed by atoms with Gasteiger partial charge < -0.3 is 51.8 Å². The van der Waals surface area contributed by atoms with Crippen LogP contribution in [0.2, 0.25) is 0 Å². The lowest BCUT2D eigenvalue weighted by molar-refractivity contribution is -0.139. The number of nitrogens with two attached hydrogens (primary N) is 1. The second kappa shape index (κ2) is 20.1. The largest absolute Gasteiger partial charge is 0.480 e. The molecule has 2 aromatic heterocycles. The van der Waals surface area contributed by atoms with Gasteiger partial charge in [-0.2, -0.15) is 0 Å². The number of carboxylic acids is 1. The minimum atomic E-state index is -1.43. The van der Waals surface area contributed by atoms with Crippen molar-refractivity contribution < 1.29 is 38.9 Å². The second-order valence-corrected chi connectivity index (χ2v) is 15.4. The van der Waals surface area contributed by atoms with E-state index < -0.39 is 89.6 Å². The fourth-order valence-corrected chi connectivity index (χ4v) is 7.16. The van der Waals surface area contributed by atoms with Crippen LogP contribution in [0.3, 0.4) is 0 Å². The minimum absolute atomic E-state index is 0.00135. The summed E-state index contributed by atoms with van der Waals surface area (Å²) < 4.78 is 6.89. The molecule has 2 aromatic carbocycles. The summed E-state index contributed by atoms with van der Waals surface area (Å²) in [5, 5.41) is 32.0. The summed E-state index contributed by atoms with van der Waals surface area (Å²) in [6.07, 6.45) is -0.0416. The molecule has 1 saturated heterocycles. The quantitative estimate of drug-likeness (QED) is 0.0648. The summed E-state index contributed by atoms with van der Waals surface area (Å²) in [6, 6.07) is 10.1. The molecule has 19 nitrogen and oxygen atoms in total. The summed E-state index contributed by atoms with van der Waals surface area (Å²) in [6.45, 7) is 5.18. The van der Waals surface area contributed by atoms with Crippen LogP contribution in [0, 0.1) is 5.92 Å². The number of aliphatic hydroxyl groups excluding tert-OH is 1. The Hall–Kier alpha value is -6.31. The van der Waals surface area contributed by atoms with Crippen LogP contribution < -0.4 is 38.2 Å². The molecule has 5 amide bonds. The van der Waals surface area contributed by atoms with Crippen molar-refractivity contribution >= 4 is 40.6 Å². The number of carbonyl (C=O) groups excluding carboxylic acids is 4. The third kappa shape index (κ3) is 11.5. The second-order valence-electron chi connectivity index (χ2n) is 15.4. The van der Waals surface area contributed by atoms with E-state index in [0.717, 1.165) is 21.5 Å². The van der Waals surface area contributed by atoms with E-state index in [4.69, 9.17) is 10.5 Å². The van der Waals surface area contributed by atoms with E-state index in [-0.39, 0.29) is 31.7 Å². The lowest BCUT2D eigenvalue weighted by Crippen LogP contribution is -2.63. The predicted molar refractivity (Wildman–Crippen MR) is 219 cm³/mol. The van der Waals surface area contributed by atoms with Crippen molar-refractivity contribution in [2.24, 2.45) is 11.7 Å². The summed E-state index contributed by atoms with van der Waals surface area (Å²) in [4.78, 5) is 98.1. The summed E-state index contributed by atoms with van der Waals surface area (Å²) >= 11 is 0. The fraction of sp³-hybridized carbons (Fsp3) is 0.439. The smallest absolute Gasteiger partial charge is 0.330 e. The molecule has 1 aliphatic heterocycles. The highest BCUT2D eigenvalue weighted by Gasteiger charge is 2.39. The maximum atomic E-state index is 14.3. The molecule has 60 heavy (non-hydrogen) atoms. The van der Waals surface area contributed by atoms with Crippen molar-refractivity contribution in [3.63, 3.8) is 0 Å². The molecule has 322 valence electrons. The molecule has 8 atom stereocenters. The van der Waals surface area contributed by atoms with Crippen molar-refractivity contribution in [3.8, 4) is 0 Å². The van der Waals surface area contributed by atoms with Gasteiger partial charge in [0.2, 0.25) is 17.7 Å². The number of carbonyl (C=O) groups is 5. The summed E-state index contributed by atoms with van der Waals surface area (Å²) in [7, 11) is 1.45. The molecular formula is C41H53N9O10. The van der Waals surface area contributed by atoms with Crippen molar-refractivity contribution in [2.45, 2.75) is 95.1 Å². The Morgan fingerprint density at radius 2 is 1.62 bits per heavy atom. The Kier molecular flexibility index (Phi) is 15.0. The van der Waals surface area contributed by atoms with Gasteiger partial charge in [0, 0.05) is 62.2 Å². The molecule has 0 bridgehead atoms. The molecule has 0 saturated carbocycles. The number of aliphatic carboxylic acids is 1. The SMILES string of the molecule is CC(C)C[C@@H](N)C(=O)N(C)[C@@H](C)[C@H](NC(=O)[C@@H](Cc1ccccc1)NC(=O)N[C@@H](Cc1c[nH]c2ccccc12)C(=O)O)C(=O)NC[C@H]1C[C@@H](O)[C@H](n2ccc(=O)[nH]c2=O)O1. The standard InChI is InChI=1S/C41H53N9O10/c1-22(2)16-28(42)37(55)49(4)23(3)34(36(54)44-21-26-19-32(51)38(60-26)50-15-14-33(52)47-41(50)59)48-35(53)30(17-24-10-6-5-7-11-24)45-40(58)46-31(39(56)57)18-25-20-43-29-13-9-8-12-27(25)29/h5-15,20,22-23,26,28,30-32,34,38,43,51H,16-19,21,42H2,1-4H3,(H,44,54)(H,48,53)(H,56,57)(H2,45,46,58)(H,47,52,59)/t23-,26+,28+,30+,31-,32+,34-,38+/m0/s1.